The van der Waals surface area contributed by atoms with Crippen LogP contribution in [0.4, 0.5) is 0 Å². The molecule has 0 unspecified atom stereocenters. The summed E-state index contributed by atoms with van der Waals surface area (Å²) in [7, 11) is 0. The number of rotatable bonds is 5. The average Bonchev–Trinajstić information content (AvgIpc) is 2.27. The van der Waals surface area contributed by atoms with Gasteiger partial charge in [-0.3, -0.25) is 0 Å². The molecule has 0 aliphatic heterocycles. The van der Waals surface area contributed by atoms with Gasteiger partial charge in [0.1, 0.15) is 0 Å². The van der Waals surface area contributed by atoms with Crippen molar-refractivity contribution in [2.75, 3.05) is 6.61 Å². The van der Waals surface area contributed by atoms with Crippen molar-refractivity contribution in [3.8, 4) is 0 Å². The van der Waals surface area contributed by atoms with E-state index in [1.54, 1.807) is 0 Å². The molecule has 0 radical (unpaired) electrons. The molecular formula is C13H16O2Se. The van der Waals surface area contributed by atoms with Crippen LogP contribution < -0.4 is 4.46 Å². The van der Waals surface area contributed by atoms with Crippen molar-refractivity contribution < 1.29 is 9.53 Å². The first kappa shape index (κ1) is 13.0. The molecule has 3 heteroatoms. The van der Waals surface area contributed by atoms with Crippen molar-refractivity contribution in [2.45, 2.75) is 19.2 Å². The topological polar surface area (TPSA) is 26.3 Å². The Morgan fingerprint density at radius 2 is 2.00 bits per heavy atom. The quantitative estimate of drug-likeness (QED) is 0.469. The molecule has 0 aliphatic rings. The van der Waals surface area contributed by atoms with E-state index in [4.69, 9.17) is 4.74 Å². The van der Waals surface area contributed by atoms with Crippen LogP contribution in [0.2, 0.25) is 5.32 Å². The first-order valence-corrected chi connectivity index (χ1v) is 7.22. The second-order valence-corrected chi connectivity index (χ2v) is 5.77. The van der Waals surface area contributed by atoms with Crippen molar-refractivity contribution in [1.82, 2.24) is 0 Å². The summed E-state index contributed by atoms with van der Waals surface area (Å²) < 4.78 is 6.31. The minimum absolute atomic E-state index is 0.110. The van der Waals surface area contributed by atoms with E-state index in [1.165, 1.54) is 10.0 Å². The van der Waals surface area contributed by atoms with Crippen LogP contribution in [0.25, 0.3) is 0 Å². The molecule has 0 aromatic heterocycles. The van der Waals surface area contributed by atoms with E-state index in [2.05, 4.69) is 0 Å². The summed E-state index contributed by atoms with van der Waals surface area (Å²) in [4.78, 5) is 11.4. The van der Waals surface area contributed by atoms with Gasteiger partial charge in [0.2, 0.25) is 0 Å². The summed E-state index contributed by atoms with van der Waals surface area (Å²) >= 11 is 0.184. The van der Waals surface area contributed by atoms with E-state index < -0.39 is 0 Å². The molecule has 0 N–H and O–H groups in total. The van der Waals surface area contributed by atoms with Crippen LogP contribution >= 0.6 is 0 Å². The van der Waals surface area contributed by atoms with Crippen molar-refractivity contribution >= 4 is 25.4 Å². The molecule has 1 rings (SSSR count). The SMILES string of the molecule is CC(C)=CCOC(=O)C[Se]c1ccccc1. The van der Waals surface area contributed by atoms with Crippen molar-refractivity contribution in [2.24, 2.45) is 0 Å². The van der Waals surface area contributed by atoms with Gasteiger partial charge in [-0.05, 0) is 0 Å². The van der Waals surface area contributed by atoms with Crippen LogP contribution in [0.1, 0.15) is 13.8 Å². The monoisotopic (exact) mass is 284 g/mol. The zero-order valence-corrected chi connectivity index (χ0v) is 11.3. The zero-order valence-electron chi connectivity index (χ0n) is 9.60. The maximum absolute atomic E-state index is 11.4. The van der Waals surface area contributed by atoms with Crippen LogP contribution in [-0.4, -0.2) is 27.5 Å². The second-order valence-electron chi connectivity index (χ2n) is 3.57. The Balaban J connectivity index is 2.23. The molecule has 0 amide bonds. The first-order chi connectivity index (χ1) is 7.68. The number of benzene rings is 1. The second kappa shape index (κ2) is 7.26. The fourth-order valence-electron chi connectivity index (χ4n) is 1.00. The van der Waals surface area contributed by atoms with Crippen LogP contribution in [0.5, 0.6) is 0 Å². The zero-order chi connectivity index (χ0) is 11.8. The normalized spacial score (nSPS) is 9.62. The average molecular weight is 283 g/mol. The summed E-state index contributed by atoms with van der Waals surface area (Å²) in [6.07, 6.45) is 1.91. The first-order valence-electron chi connectivity index (χ1n) is 5.15. The van der Waals surface area contributed by atoms with Gasteiger partial charge in [0.15, 0.2) is 0 Å². The number of hydrogen-bond acceptors (Lipinski definition) is 2. The summed E-state index contributed by atoms with van der Waals surface area (Å²) in [6.45, 7) is 4.37. The van der Waals surface area contributed by atoms with E-state index in [1.807, 2.05) is 50.3 Å². The van der Waals surface area contributed by atoms with Gasteiger partial charge < -0.3 is 0 Å². The van der Waals surface area contributed by atoms with E-state index >= 15 is 0 Å². The van der Waals surface area contributed by atoms with Crippen LogP contribution in [0.15, 0.2) is 42.0 Å². The molecule has 1 aromatic carbocycles. The van der Waals surface area contributed by atoms with Crippen molar-refractivity contribution in [3.05, 3.63) is 42.0 Å². The summed E-state index contributed by atoms with van der Waals surface area (Å²) in [5.74, 6) is -0.110. The predicted molar refractivity (Wildman–Crippen MR) is 67.0 cm³/mol. The van der Waals surface area contributed by atoms with Gasteiger partial charge in [-0.25, -0.2) is 0 Å². The Hall–Kier alpha value is -1.05. The fourth-order valence-corrected chi connectivity index (χ4v) is 2.51. The Morgan fingerprint density at radius 1 is 1.31 bits per heavy atom. The molecule has 0 fully saturated rings. The molecule has 86 valence electrons. The molecular weight excluding hydrogens is 267 g/mol. The fraction of sp³-hybridized carbons (Fsp3) is 0.308. The number of allylic oxidation sites excluding steroid dienone is 1. The Morgan fingerprint density at radius 3 is 2.62 bits per heavy atom. The number of ether oxygens (including phenoxy) is 1. The Kier molecular flexibility index (Phi) is 5.91. The van der Waals surface area contributed by atoms with E-state index in [-0.39, 0.29) is 20.9 Å². The number of carbonyl (C=O) groups excluding carboxylic acids is 1. The molecule has 0 saturated carbocycles. The third-order valence-corrected chi connectivity index (χ3v) is 3.90. The molecule has 0 aliphatic carbocycles. The van der Waals surface area contributed by atoms with Gasteiger partial charge in [-0.2, -0.15) is 0 Å². The van der Waals surface area contributed by atoms with E-state index in [0.717, 1.165) is 0 Å². The molecule has 1 aromatic rings. The van der Waals surface area contributed by atoms with Gasteiger partial charge >= 0.3 is 103 Å². The summed E-state index contributed by atoms with van der Waals surface area (Å²) in [5, 5.41) is 0.508. The number of carbonyl (C=O) groups is 1. The molecule has 0 spiro atoms. The third-order valence-electron chi connectivity index (χ3n) is 1.84. The Bertz CT molecular complexity index is 353. The van der Waals surface area contributed by atoms with Gasteiger partial charge in [0.05, 0.1) is 0 Å². The van der Waals surface area contributed by atoms with E-state index in [9.17, 15) is 4.79 Å². The summed E-state index contributed by atoms with van der Waals surface area (Å²) in [5.41, 5.74) is 1.17. The van der Waals surface area contributed by atoms with Crippen molar-refractivity contribution in [1.29, 1.82) is 0 Å². The van der Waals surface area contributed by atoms with Crippen LogP contribution in [-0.2, 0) is 9.53 Å². The Labute approximate surface area is 103 Å². The molecule has 0 atom stereocenters. The van der Waals surface area contributed by atoms with Gasteiger partial charge in [-0.1, -0.05) is 0 Å². The van der Waals surface area contributed by atoms with Gasteiger partial charge in [0, 0.05) is 0 Å². The number of esters is 1. The molecule has 2 nitrogen and oxygen atoms in total. The standard InChI is InChI=1S/C13H16O2Se/c1-11(2)8-9-15-13(14)10-16-12-6-4-3-5-7-12/h3-8H,9-10H2,1-2H3. The summed E-state index contributed by atoms with van der Waals surface area (Å²) in [6, 6.07) is 10.1. The maximum atomic E-state index is 11.4. The van der Waals surface area contributed by atoms with Crippen LogP contribution in [0, 0.1) is 0 Å². The molecule has 0 bridgehead atoms. The van der Waals surface area contributed by atoms with E-state index in [0.29, 0.717) is 11.9 Å². The predicted octanol–water partition coefficient (Wildman–Crippen LogP) is 1.94. The molecule has 16 heavy (non-hydrogen) atoms. The number of hydrogen-bond donors (Lipinski definition) is 0. The van der Waals surface area contributed by atoms with Gasteiger partial charge in [-0.15, -0.1) is 0 Å². The van der Waals surface area contributed by atoms with Crippen molar-refractivity contribution in [3.63, 3.8) is 0 Å². The molecule has 0 heterocycles. The minimum atomic E-state index is -0.110. The van der Waals surface area contributed by atoms with Gasteiger partial charge in [0.25, 0.3) is 0 Å². The molecule has 0 saturated heterocycles. The third kappa shape index (κ3) is 5.74. The van der Waals surface area contributed by atoms with Crippen LogP contribution in [0.3, 0.4) is 0 Å².